The summed E-state index contributed by atoms with van der Waals surface area (Å²) in [6, 6.07) is 21.3. The molecule has 1 aromatic heterocycles. The smallest absolute Gasteiger partial charge is 0.194 e. The van der Waals surface area contributed by atoms with Gasteiger partial charge in [-0.05, 0) is 18.2 Å². The number of carbonyl (C=O) groups is 1. The summed E-state index contributed by atoms with van der Waals surface area (Å²) in [6.07, 6.45) is 0. The molecule has 0 saturated carbocycles. The Labute approximate surface area is 162 Å². The number of ketones is 1. The van der Waals surface area contributed by atoms with Crippen LogP contribution in [0.15, 0.2) is 77.7 Å². The molecule has 0 unspecified atom stereocenters. The lowest BCUT2D eigenvalue weighted by Gasteiger charge is -2.13. The highest BCUT2D eigenvalue weighted by atomic mass is 32.2. The van der Waals surface area contributed by atoms with Crippen molar-refractivity contribution in [1.82, 2.24) is 9.78 Å². The average Bonchev–Trinajstić information content (AvgIpc) is 3.11. The fourth-order valence-electron chi connectivity index (χ4n) is 3.76. The van der Waals surface area contributed by atoms with Gasteiger partial charge in [0.15, 0.2) is 15.6 Å². The van der Waals surface area contributed by atoms with Gasteiger partial charge in [0.25, 0.3) is 0 Å². The number of hydrogen-bond donors (Lipinski definition) is 0. The zero-order chi connectivity index (χ0) is 19.3. The summed E-state index contributed by atoms with van der Waals surface area (Å²) in [5.41, 5.74) is 3.55. The number of carbonyl (C=O) groups excluding carboxylic acids is 1. The SMILES string of the molecule is O=C1c2ccccc2-c2nn(CCS(=O)(=O)c3ccccc3)c3cccc1c23. The van der Waals surface area contributed by atoms with Gasteiger partial charge in [-0.1, -0.05) is 54.6 Å². The molecule has 0 amide bonds. The van der Waals surface area contributed by atoms with Gasteiger partial charge in [0, 0.05) is 22.1 Å². The minimum Gasteiger partial charge on any atom is -0.289 e. The highest BCUT2D eigenvalue weighted by Gasteiger charge is 2.28. The standard InChI is InChI=1S/C22H16N2O3S/c25-22-17-10-5-4-9-16(17)21-20-18(22)11-6-12-19(20)24(23-21)13-14-28(26,27)15-7-2-1-3-8-15/h1-12H,13-14H2. The van der Waals surface area contributed by atoms with Crippen LogP contribution in [0.4, 0.5) is 0 Å². The molecule has 5 rings (SSSR count). The van der Waals surface area contributed by atoms with Gasteiger partial charge >= 0.3 is 0 Å². The molecule has 1 heterocycles. The van der Waals surface area contributed by atoms with E-state index in [1.54, 1.807) is 47.1 Å². The van der Waals surface area contributed by atoms with Gasteiger partial charge in [-0.25, -0.2) is 8.42 Å². The molecule has 28 heavy (non-hydrogen) atoms. The van der Waals surface area contributed by atoms with Crippen molar-refractivity contribution in [2.24, 2.45) is 0 Å². The van der Waals surface area contributed by atoms with Crippen molar-refractivity contribution >= 4 is 26.5 Å². The first-order chi connectivity index (χ1) is 13.6. The van der Waals surface area contributed by atoms with E-state index in [2.05, 4.69) is 0 Å². The number of hydrogen-bond acceptors (Lipinski definition) is 4. The predicted molar refractivity (Wildman–Crippen MR) is 107 cm³/mol. The van der Waals surface area contributed by atoms with Crippen molar-refractivity contribution in [2.45, 2.75) is 11.4 Å². The van der Waals surface area contributed by atoms with Gasteiger partial charge in [-0.3, -0.25) is 9.48 Å². The molecule has 1 aliphatic carbocycles. The summed E-state index contributed by atoms with van der Waals surface area (Å²) in [5, 5.41) is 5.49. The number of rotatable bonds is 4. The number of aromatic nitrogens is 2. The van der Waals surface area contributed by atoms with Crippen molar-refractivity contribution in [2.75, 3.05) is 5.75 Å². The molecule has 0 radical (unpaired) electrons. The third kappa shape index (κ3) is 2.49. The highest BCUT2D eigenvalue weighted by Crippen LogP contribution is 2.38. The molecule has 0 atom stereocenters. The summed E-state index contributed by atoms with van der Waals surface area (Å²) in [5.74, 6) is -0.0854. The Kier molecular flexibility index (Phi) is 3.70. The van der Waals surface area contributed by atoms with Crippen molar-refractivity contribution in [3.63, 3.8) is 0 Å². The van der Waals surface area contributed by atoms with Crippen molar-refractivity contribution in [3.8, 4) is 11.3 Å². The molecule has 0 bridgehead atoms. The quantitative estimate of drug-likeness (QED) is 0.471. The molecular weight excluding hydrogens is 372 g/mol. The molecule has 5 nitrogen and oxygen atoms in total. The van der Waals surface area contributed by atoms with Crippen LogP contribution in [-0.2, 0) is 16.4 Å². The number of aryl methyl sites for hydroxylation is 1. The molecular formula is C22H16N2O3S. The topological polar surface area (TPSA) is 69.0 Å². The summed E-state index contributed by atoms with van der Waals surface area (Å²) >= 11 is 0. The third-order valence-electron chi connectivity index (χ3n) is 5.12. The van der Waals surface area contributed by atoms with Crippen LogP contribution in [-0.4, -0.2) is 29.7 Å². The van der Waals surface area contributed by atoms with Gasteiger partial charge in [0.05, 0.1) is 22.7 Å². The van der Waals surface area contributed by atoms with Crippen molar-refractivity contribution in [3.05, 3.63) is 83.9 Å². The Bertz CT molecular complexity index is 1340. The Balaban J connectivity index is 1.60. The molecule has 1 aliphatic rings. The van der Waals surface area contributed by atoms with Crippen LogP contribution in [0, 0.1) is 0 Å². The van der Waals surface area contributed by atoms with Gasteiger partial charge in [0.1, 0.15) is 5.69 Å². The van der Waals surface area contributed by atoms with Crippen molar-refractivity contribution in [1.29, 1.82) is 0 Å². The predicted octanol–water partition coefficient (Wildman–Crippen LogP) is 3.72. The summed E-state index contributed by atoms with van der Waals surface area (Å²) in [7, 11) is -3.42. The second-order valence-corrected chi connectivity index (χ2v) is 8.89. The zero-order valence-corrected chi connectivity index (χ0v) is 15.7. The van der Waals surface area contributed by atoms with Crippen LogP contribution in [0.3, 0.4) is 0 Å². The first-order valence-electron chi connectivity index (χ1n) is 8.98. The third-order valence-corrected chi connectivity index (χ3v) is 6.83. The number of sulfone groups is 1. The largest absolute Gasteiger partial charge is 0.289 e. The van der Waals surface area contributed by atoms with Crippen molar-refractivity contribution < 1.29 is 13.2 Å². The number of benzene rings is 3. The molecule has 0 saturated heterocycles. The van der Waals surface area contributed by atoms with E-state index < -0.39 is 9.84 Å². The summed E-state index contributed by atoms with van der Waals surface area (Å²) in [6.45, 7) is 0.216. The van der Waals surface area contributed by atoms with E-state index in [1.807, 2.05) is 30.3 Å². The maximum absolute atomic E-state index is 12.9. The Morgan fingerprint density at radius 3 is 2.25 bits per heavy atom. The normalized spacial score (nSPS) is 12.9. The fourth-order valence-corrected chi connectivity index (χ4v) is 4.98. The Morgan fingerprint density at radius 1 is 0.786 bits per heavy atom. The summed E-state index contributed by atoms with van der Waals surface area (Å²) in [4.78, 5) is 13.2. The molecule has 0 spiro atoms. The van der Waals surface area contributed by atoms with E-state index in [0.717, 1.165) is 22.2 Å². The van der Waals surface area contributed by atoms with E-state index in [4.69, 9.17) is 5.10 Å². The maximum Gasteiger partial charge on any atom is 0.194 e. The number of fused-ring (bicyclic) bond motifs is 2. The van der Waals surface area contributed by atoms with E-state index in [1.165, 1.54) is 0 Å². The van der Waals surface area contributed by atoms with Crippen LogP contribution in [0.5, 0.6) is 0 Å². The second kappa shape index (κ2) is 6.14. The lowest BCUT2D eigenvalue weighted by Crippen LogP contribution is -2.14. The molecule has 3 aromatic carbocycles. The van der Waals surface area contributed by atoms with Crippen LogP contribution in [0.1, 0.15) is 15.9 Å². The molecule has 6 heteroatoms. The minimum atomic E-state index is -3.42. The van der Waals surface area contributed by atoms with Crippen LogP contribution >= 0.6 is 0 Å². The monoisotopic (exact) mass is 388 g/mol. The second-order valence-electron chi connectivity index (χ2n) is 6.78. The summed E-state index contributed by atoms with van der Waals surface area (Å²) < 4.78 is 27.0. The van der Waals surface area contributed by atoms with E-state index in [9.17, 15) is 13.2 Å². The lowest BCUT2D eigenvalue weighted by molar-refractivity contribution is 0.104. The highest BCUT2D eigenvalue weighted by molar-refractivity contribution is 7.91. The number of nitrogens with zero attached hydrogens (tertiary/aromatic N) is 2. The fraction of sp³-hybridized carbons (Fsp3) is 0.0909. The minimum absolute atomic E-state index is 0.0230. The molecule has 0 fully saturated rings. The van der Waals surface area contributed by atoms with Gasteiger partial charge in [-0.2, -0.15) is 5.10 Å². The first-order valence-corrected chi connectivity index (χ1v) is 10.6. The van der Waals surface area contributed by atoms with Crippen LogP contribution < -0.4 is 0 Å². The molecule has 0 N–H and O–H groups in total. The molecule has 0 aliphatic heterocycles. The lowest BCUT2D eigenvalue weighted by atomic mass is 9.87. The average molecular weight is 388 g/mol. The van der Waals surface area contributed by atoms with E-state index >= 15 is 0 Å². The van der Waals surface area contributed by atoms with E-state index in [-0.39, 0.29) is 18.1 Å². The van der Waals surface area contributed by atoms with Gasteiger partial charge < -0.3 is 0 Å². The van der Waals surface area contributed by atoms with Crippen LogP contribution in [0.25, 0.3) is 22.2 Å². The van der Waals surface area contributed by atoms with Gasteiger partial charge in [-0.15, -0.1) is 0 Å². The van der Waals surface area contributed by atoms with E-state index in [0.29, 0.717) is 16.0 Å². The molecule has 4 aromatic rings. The maximum atomic E-state index is 12.9. The zero-order valence-electron chi connectivity index (χ0n) is 14.9. The van der Waals surface area contributed by atoms with Crippen LogP contribution in [0.2, 0.25) is 0 Å². The Morgan fingerprint density at radius 2 is 1.46 bits per heavy atom. The first kappa shape index (κ1) is 16.9. The van der Waals surface area contributed by atoms with Gasteiger partial charge in [0.2, 0.25) is 0 Å². The Hall–Kier alpha value is -3.25. The molecule has 138 valence electrons.